The Bertz CT molecular complexity index is 1670. The minimum Gasteiger partial charge on any atom is -0.497 e. The molecule has 10 heteroatoms. The van der Waals surface area contributed by atoms with Crippen molar-refractivity contribution < 1.29 is 27.5 Å². The van der Waals surface area contributed by atoms with Gasteiger partial charge in [0.1, 0.15) is 24.1 Å². The standard InChI is InChI=1S/C36H41N3O6S/c1-4-23-37-36(41)34(25-28-13-8-6-9-14-28)38(26-29-15-12-16-32(24-29)44-3)35(40)27-39(30-19-21-31(22-20-30)45-5-2)46(42,43)33-17-10-7-11-18-33/h6-22,24,34H,4-5,23,25-27H2,1-3H3,(H,37,41)/t34-/m0/s1. The van der Waals surface area contributed by atoms with E-state index in [2.05, 4.69) is 5.32 Å². The Labute approximate surface area is 271 Å². The zero-order chi connectivity index (χ0) is 32.9. The number of amides is 2. The summed E-state index contributed by atoms with van der Waals surface area (Å²) in [6, 6.07) is 30.3. The first-order chi connectivity index (χ1) is 22.3. The molecule has 9 nitrogen and oxygen atoms in total. The number of rotatable bonds is 16. The van der Waals surface area contributed by atoms with Crippen molar-refractivity contribution in [3.63, 3.8) is 0 Å². The highest BCUT2D eigenvalue weighted by Crippen LogP contribution is 2.27. The van der Waals surface area contributed by atoms with Crippen LogP contribution in [0.1, 0.15) is 31.4 Å². The molecule has 0 aliphatic rings. The van der Waals surface area contributed by atoms with Crippen molar-refractivity contribution in [2.45, 2.75) is 44.2 Å². The highest BCUT2D eigenvalue weighted by molar-refractivity contribution is 7.92. The lowest BCUT2D eigenvalue weighted by Crippen LogP contribution is -2.53. The monoisotopic (exact) mass is 643 g/mol. The van der Waals surface area contributed by atoms with Crippen LogP contribution in [0.25, 0.3) is 0 Å². The average Bonchev–Trinajstić information content (AvgIpc) is 3.09. The maximum atomic E-state index is 14.5. The fraction of sp³-hybridized carbons (Fsp3) is 0.278. The first-order valence-corrected chi connectivity index (χ1v) is 16.8. The number of benzene rings is 4. The molecule has 46 heavy (non-hydrogen) atoms. The number of methoxy groups -OCH3 is 1. The summed E-state index contributed by atoms with van der Waals surface area (Å²) >= 11 is 0. The maximum Gasteiger partial charge on any atom is 0.264 e. The van der Waals surface area contributed by atoms with E-state index in [1.54, 1.807) is 61.7 Å². The Morgan fingerprint density at radius 3 is 2.09 bits per heavy atom. The smallest absolute Gasteiger partial charge is 0.264 e. The van der Waals surface area contributed by atoms with Crippen LogP contribution in [0.15, 0.2) is 114 Å². The highest BCUT2D eigenvalue weighted by Gasteiger charge is 2.34. The molecule has 0 aromatic heterocycles. The van der Waals surface area contributed by atoms with E-state index in [-0.39, 0.29) is 29.5 Å². The first-order valence-electron chi connectivity index (χ1n) is 15.3. The van der Waals surface area contributed by atoms with Gasteiger partial charge < -0.3 is 19.7 Å². The van der Waals surface area contributed by atoms with Crippen LogP contribution >= 0.6 is 0 Å². The van der Waals surface area contributed by atoms with E-state index < -0.39 is 28.5 Å². The average molecular weight is 644 g/mol. The third-order valence-electron chi connectivity index (χ3n) is 7.35. The molecule has 0 aliphatic carbocycles. The Hall–Kier alpha value is -4.83. The van der Waals surface area contributed by atoms with Crippen molar-refractivity contribution in [2.75, 3.05) is 31.1 Å². The second kappa shape index (κ2) is 16.5. The van der Waals surface area contributed by atoms with Crippen LogP contribution in [0, 0.1) is 0 Å². The Balaban J connectivity index is 1.79. The molecular weight excluding hydrogens is 602 g/mol. The lowest BCUT2D eigenvalue weighted by Gasteiger charge is -2.34. The number of hydrogen-bond donors (Lipinski definition) is 1. The quantitative estimate of drug-likeness (QED) is 0.174. The maximum absolute atomic E-state index is 14.5. The first kappa shape index (κ1) is 34.1. The van der Waals surface area contributed by atoms with Crippen molar-refractivity contribution in [3.8, 4) is 11.5 Å². The molecule has 0 radical (unpaired) electrons. The third kappa shape index (κ3) is 8.88. The summed E-state index contributed by atoms with van der Waals surface area (Å²) in [6.07, 6.45) is 0.953. The molecule has 0 fully saturated rings. The van der Waals surface area contributed by atoms with Crippen molar-refractivity contribution >= 4 is 27.5 Å². The Morgan fingerprint density at radius 2 is 1.46 bits per heavy atom. The topological polar surface area (TPSA) is 105 Å². The van der Waals surface area contributed by atoms with Gasteiger partial charge in [0.15, 0.2) is 0 Å². The lowest BCUT2D eigenvalue weighted by molar-refractivity contribution is -0.140. The lowest BCUT2D eigenvalue weighted by atomic mass is 10.0. The van der Waals surface area contributed by atoms with Crippen LogP contribution in [-0.4, -0.2) is 58.0 Å². The van der Waals surface area contributed by atoms with Gasteiger partial charge in [-0.3, -0.25) is 13.9 Å². The molecule has 0 heterocycles. The summed E-state index contributed by atoms with van der Waals surface area (Å²) in [5, 5.41) is 2.95. The second-order valence-electron chi connectivity index (χ2n) is 10.6. The zero-order valence-corrected chi connectivity index (χ0v) is 27.3. The Morgan fingerprint density at radius 1 is 0.804 bits per heavy atom. The highest BCUT2D eigenvalue weighted by atomic mass is 32.2. The number of sulfonamides is 1. The minimum absolute atomic E-state index is 0.0394. The fourth-order valence-corrected chi connectivity index (χ4v) is 6.45. The zero-order valence-electron chi connectivity index (χ0n) is 26.5. The summed E-state index contributed by atoms with van der Waals surface area (Å²) < 4.78 is 40.3. The molecule has 0 bridgehead atoms. The van der Waals surface area contributed by atoms with Gasteiger partial charge in [0, 0.05) is 19.5 Å². The normalized spacial score (nSPS) is 11.7. The molecule has 2 amide bonds. The van der Waals surface area contributed by atoms with Crippen LogP contribution in [-0.2, 0) is 32.6 Å². The number of carbonyl (C=O) groups excluding carboxylic acids is 2. The van der Waals surface area contributed by atoms with E-state index in [4.69, 9.17) is 9.47 Å². The molecule has 4 aromatic rings. The SMILES string of the molecule is CCCNC(=O)[C@H](Cc1ccccc1)N(Cc1cccc(OC)c1)C(=O)CN(c1ccc(OCC)cc1)S(=O)(=O)c1ccccc1. The van der Waals surface area contributed by atoms with Gasteiger partial charge in [-0.2, -0.15) is 0 Å². The number of nitrogens with one attached hydrogen (secondary N) is 1. The molecule has 0 aliphatic heterocycles. The number of nitrogens with zero attached hydrogens (tertiary/aromatic N) is 2. The fourth-order valence-electron chi connectivity index (χ4n) is 5.01. The van der Waals surface area contributed by atoms with Crippen molar-refractivity contribution in [3.05, 3.63) is 120 Å². The van der Waals surface area contributed by atoms with Gasteiger partial charge >= 0.3 is 0 Å². The van der Waals surface area contributed by atoms with Gasteiger partial charge in [-0.15, -0.1) is 0 Å². The molecule has 4 rings (SSSR count). The molecule has 1 N–H and O–H groups in total. The van der Waals surface area contributed by atoms with Gasteiger partial charge in [-0.05, 0) is 73.0 Å². The number of ether oxygens (including phenoxy) is 2. The van der Waals surface area contributed by atoms with Gasteiger partial charge in [0.2, 0.25) is 11.8 Å². The predicted molar refractivity (Wildman–Crippen MR) is 179 cm³/mol. The summed E-state index contributed by atoms with van der Waals surface area (Å²) in [5.41, 5.74) is 1.88. The summed E-state index contributed by atoms with van der Waals surface area (Å²) in [4.78, 5) is 29.8. The largest absolute Gasteiger partial charge is 0.497 e. The van der Waals surface area contributed by atoms with E-state index in [1.807, 2.05) is 56.3 Å². The summed E-state index contributed by atoms with van der Waals surface area (Å²) in [7, 11) is -2.63. The van der Waals surface area contributed by atoms with Gasteiger partial charge in [-0.1, -0.05) is 67.6 Å². The van der Waals surface area contributed by atoms with Crippen LogP contribution in [0.3, 0.4) is 0 Å². The molecular formula is C36H41N3O6S. The van der Waals surface area contributed by atoms with E-state index in [9.17, 15) is 18.0 Å². The second-order valence-corrected chi connectivity index (χ2v) is 12.5. The third-order valence-corrected chi connectivity index (χ3v) is 9.14. The molecule has 4 aromatic carbocycles. The van der Waals surface area contributed by atoms with Crippen LogP contribution < -0.4 is 19.1 Å². The van der Waals surface area contributed by atoms with E-state index in [1.165, 1.54) is 17.0 Å². The molecule has 0 spiro atoms. The number of carbonyl (C=O) groups is 2. The molecule has 242 valence electrons. The van der Waals surface area contributed by atoms with Gasteiger partial charge in [0.05, 0.1) is 24.3 Å². The molecule has 0 unspecified atom stereocenters. The molecule has 0 saturated heterocycles. The van der Waals surface area contributed by atoms with E-state index in [0.29, 0.717) is 31.1 Å². The van der Waals surface area contributed by atoms with Gasteiger partial charge in [-0.25, -0.2) is 8.42 Å². The Kier molecular flexibility index (Phi) is 12.2. The van der Waals surface area contributed by atoms with Crippen molar-refractivity contribution in [1.29, 1.82) is 0 Å². The molecule has 1 atom stereocenters. The predicted octanol–water partition coefficient (Wildman–Crippen LogP) is 5.46. The van der Waals surface area contributed by atoms with Crippen LogP contribution in [0.5, 0.6) is 11.5 Å². The van der Waals surface area contributed by atoms with Crippen LogP contribution in [0.2, 0.25) is 0 Å². The van der Waals surface area contributed by atoms with Crippen molar-refractivity contribution in [2.24, 2.45) is 0 Å². The number of anilines is 1. The molecule has 0 saturated carbocycles. The van der Waals surface area contributed by atoms with Crippen LogP contribution in [0.4, 0.5) is 5.69 Å². The summed E-state index contributed by atoms with van der Waals surface area (Å²) in [6.45, 7) is 4.21. The van der Waals surface area contributed by atoms with E-state index >= 15 is 0 Å². The number of hydrogen-bond acceptors (Lipinski definition) is 6. The minimum atomic E-state index is -4.19. The van der Waals surface area contributed by atoms with Crippen molar-refractivity contribution in [1.82, 2.24) is 10.2 Å². The van der Waals surface area contributed by atoms with E-state index in [0.717, 1.165) is 15.4 Å². The summed E-state index contributed by atoms with van der Waals surface area (Å²) in [5.74, 6) is 0.316. The van der Waals surface area contributed by atoms with Gasteiger partial charge in [0.25, 0.3) is 10.0 Å².